The number of hydrogen-bond donors (Lipinski definition) is 0. The molecule has 0 N–H and O–H groups in total. The molecule has 0 radical (unpaired) electrons. The molecule has 16 heavy (non-hydrogen) atoms. The lowest BCUT2D eigenvalue weighted by Gasteiger charge is -2.07. The van der Waals surface area contributed by atoms with Crippen molar-refractivity contribution in [3.63, 3.8) is 0 Å². The van der Waals surface area contributed by atoms with Gasteiger partial charge in [-0.15, -0.1) is 0 Å². The highest BCUT2D eigenvalue weighted by Crippen LogP contribution is 2.11. The van der Waals surface area contributed by atoms with Crippen molar-refractivity contribution in [1.29, 1.82) is 0 Å². The van der Waals surface area contributed by atoms with Crippen LogP contribution >= 0.6 is 0 Å². The Morgan fingerprint density at radius 3 is 2.31 bits per heavy atom. The molecule has 2 nitrogen and oxygen atoms in total. The zero-order valence-electron chi connectivity index (χ0n) is 10.8. The van der Waals surface area contributed by atoms with Crippen LogP contribution < -0.4 is 0 Å². The van der Waals surface area contributed by atoms with E-state index < -0.39 is 0 Å². The summed E-state index contributed by atoms with van der Waals surface area (Å²) in [4.78, 5) is 11.4. The zero-order valence-corrected chi connectivity index (χ0v) is 10.8. The first kappa shape index (κ1) is 14.7. The molecule has 0 aliphatic rings. The number of allylic oxidation sites excluding steroid dienone is 4. The van der Waals surface area contributed by atoms with E-state index in [0.717, 1.165) is 18.4 Å². The van der Waals surface area contributed by atoms with Crippen LogP contribution in [0.4, 0.5) is 0 Å². The molecular formula is C14H22O2. The second kappa shape index (κ2) is 7.91. The summed E-state index contributed by atoms with van der Waals surface area (Å²) in [6.07, 6.45) is 5.50. The second-order valence-corrected chi connectivity index (χ2v) is 3.92. The summed E-state index contributed by atoms with van der Waals surface area (Å²) in [6.45, 7) is 11.9. The predicted octanol–water partition coefficient (Wildman–Crippen LogP) is 3.80. The second-order valence-electron chi connectivity index (χ2n) is 3.92. The Balaban J connectivity index is 4.72. The van der Waals surface area contributed by atoms with E-state index in [1.54, 1.807) is 19.1 Å². The van der Waals surface area contributed by atoms with Crippen LogP contribution in [0.2, 0.25) is 0 Å². The molecule has 0 bridgehead atoms. The van der Waals surface area contributed by atoms with Gasteiger partial charge in [0.25, 0.3) is 0 Å². The normalized spacial score (nSPS) is 10.9. The minimum absolute atomic E-state index is 0.0541. The van der Waals surface area contributed by atoms with Crippen LogP contribution in [0, 0.1) is 0 Å². The summed E-state index contributed by atoms with van der Waals surface area (Å²) >= 11 is 0. The van der Waals surface area contributed by atoms with Crippen molar-refractivity contribution >= 4 is 5.78 Å². The van der Waals surface area contributed by atoms with Crippen LogP contribution in [-0.4, -0.2) is 12.4 Å². The van der Waals surface area contributed by atoms with Crippen molar-refractivity contribution in [2.45, 2.75) is 40.5 Å². The van der Waals surface area contributed by atoms with Gasteiger partial charge in [-0.1, -0.05) is 25.5 Å². The van der Waals surface area contributed by atoms with Crippen molar-refractivity contribution < 1.29 is 9.53 Å². The standard InChI is InChI=1S/C14H22O2/c1-6-8-9-16-13(7-2)10-14(11(3)4)12(5)15/h7,10H,2,6,8-9H2,1,3-5H3/b13-10+. The molecule has 0 unspecified atom stereocenters. The number of carbonyl (C=O) groups excluding carboxylic acids is 1. The number of hydrogen-bond acceptors (Lipinski definition) is 2. The monoisotopic (exact) mass is 222 g/mol. The molecule has 2 heteroatoms. The van der Waals surface area contributed by atoms with Crippen molar-refractivity contribution in [3.05, 3.63) is 35.6 Å². The van der Waals surface area contributed by atoms with Crippen molar-refractivity contribution in [2.75, 3.05) is 6.61 Å². The van der Waals surface area contributed by atoms with E-state index in [9.17, 15) is 4.79 Å². The van der Waals surface area contributed by atoms with Gasteiger partial charge in [0.2, 0.25) is 0 Å². The maximum Gasteiger partial charge on any atom is 0.159 e. The molecule has 0 rings (SSSR count). The van der Waals surface area contributed by atoms with Gasteiger partial charge in [0.15, 0.2) is 5.78 Å². The van der Waals surface area contributed by atoms with Crippen molar-refractivity contribution in [1.82, 2.24) is 0 Å². The topological polar surface area (TPSA) is 26.3 Å². The number of rotatable bonds is 7. The summed E-state index contributed by atoms with van der Waals surface area (Å²) < 4.78 is 5.52. The molecule has 0 aromatic carbocycles. The van der Waals surface area contributed by atoms with E-state index in [1.807, 2.05) is 13.8 Å². The molecule has 0 heterocycles. The van der Waals surface area contributed by atoms with Crippen LogP contribution in [0.3, 0.4) is 0 Å². The molecule has 0 amide bonds. The van der Waals surface area contributed by atoms with E-state index in [0.29, 0.717) is 17.9 Å². The van der Waals surface area contributed by atoms with Crippen LogP contribution in [-0.2, 0) is 9.53 Å². The number of ether oxygens (including phenoxy) is 1. The van der Waals surface area contributed by atoms with E-state index in [4.69, 9.17) is 4.74 Å². The fraction of sp³-hybridized carbons (Fsp3) is 0.500. The summed E-state index contributed by atoms with van der Waals surface area (Å²) in [5, 5.41) is 0. The Bertz CT molecular complexity index is 305. The quantitative estimate of drug-likeness (QED) is 0.283. The molecule has 0 spiro atoms. The van der Waals surface area contributed by atoms with Gasteiger partial charge in [0, 0.05) is 5.57 Å². The summed E-state index contributed by atoms with van der Waals surface area (Å²) in [6, 6.07) is 0. The van der Waals surface area contributed by atoms with Gasteiger partial charge in [-0.2, -0.15) is 0 Å². The van der Waals surface area contributed by atoms with Gasteiger partial charge in [0.1, 0.15) is 5.76 Å². The zero-order chi connectivity index (χ0) is 12.6. The predicted molar refractivity (Wildman–Crippen MR) is 68.2 cm³/mol. The van der Waals surface area contributed by atoms with Crippen molar-refractivity contribution in [3.8, 4) is 0 Å². The molecule has 0 aromatic heterocycles. The highest BCUT2D eigenvalue weighted by atomic mass is 16.5. The molecule has 90 valence electrons. The lowest BCUT2D eigenvalue weighted by Crippen LogP contribution is -1.99. The summed E-state index contributed by atoms with van der Waals surface area (Å²) in [5.41, 5.74) is 1.69. The van der Waals surface area contributed by atoms with Gasteiger partial charge >= 0.3 is 0 Å². The van der Waals surface area contributed by atoms with Crippen LogP contribution in [0.1, 0.15) is 40.5 Å². The lowest BCUT2D eigenvalue weighted by molar-refractivity contribution is -0.113. The van der Waals surface area contributed by atoms with Crippen LogP contribution in [0.5, 0.6) is 0 Å². The highest BCUT2D eigenvalue weighted by Gasteiger charge is 2.04. The molecule has 0 aromatic rings. The number of unbranched alkanes of at least 4 members (excludes halogenated alkanes) is 1. The van der Waals surface area contributed by atoms with Gasteiger partial charge in [-0.05, 0) is 39.3 Å². The molecule has 0 saturated heterocycles. The van der Waals surface area contributed by atoms with E-state index in [1.165, 1.54) is 0 Å². The molecule has 0 atom stereocenters. The van der Waals surface area contributed by atoms with Gasteiger partial charge < -0.3 is 4.74 Å². The Labute approximate surface area is 98.7 Å². The minimum Gasteiger partial charge on any atom is -0.494 e. The van der Waals surface area contributed by atoms with Crippen LogP contribution in [0.25, 0.3) is 0 Å². The van der Waals surface area contributed by atoms with Gasteiger partial charge in [-0.3, -0.25) is 4.79 Å². The number of carbonyl (C=O) groups is 1. The fourth-order valence-corrected chi connectivity index (χ4v) is 1.23. The molecule has 0 saturated carbocycles. The third kappa shape index (κ3) is 5.54. The molecule has 0 aliphatic heterocycles. The average molecular weight is 222 g/mol. The first-order valence-electron chi connectivity index (χ1n) is 5.68. The third-order valence-electron chi connectivity index (χ3n) is 2.17. The van der Waals surface area contributed by atoms with E-state index >= 15 is 0 Å². The Hall–Kier alpha value is -1.31. The van der Waals surface area contributed by atoms with E-state index in [2.05, 4.69) is 13.5 Å². The largest absolute Gasteiger partial charge is 0.494 e. The smallest absolute Gasteiger partial charge is 0.159 e. The average Bonchev–Trinajstić information content (AvgIpc) is 2.22. The summed E-state index contributed by atoms with van der Waals surface area (Å²) in [5.74, 6) is 0.721. The fourth-order valence-electron chi connectivity index (χ4n) is 1.23. The Kier molecular flexibility index (Phi) is 7.27. The SMILES string of the molecule is C=C/C(=C\C(C(C)=O)=C(C)C)OCCCC. The molecule has 0 fully saturated rings. The highest BCUT2D eigenvalue weighted by molar-refractivity contribution is 5.96. The molecule has 0 aliphatic carbocycles. The van der Waals surface area contributed by atoms with Crippen LogP contribution in [0.15, 0.2) is 35.6 Å². The summed E-state index contributed by atoms with van der Waals surface area (Å²) in [7, 11) is 0. The van der Waals surface area contributed by atoms with Gasteiger partial charge in [0.05, 0.1) is 6.61 Å². The first-order valence-corrected chi connectivity index (χ1v) is 5.68. The minimum atomic E-state index is 0.0541. The number of ketones is 1. The van der Waals surface area contributed by atoms with Gasteiger partial charge in [-0.25, -0.2) is 0 Å². The first-order chi connectivity index (χ1) is 7.52. The third-order valence-corrected chi connectivity index (χ3v) is 2.17. The Morgan fingerprint density at radius 1 is 1.31 bits per heavy atom. The Morgan fingerprint density at radius 2 is 1.94 bits per heavy atom. The van der Waals surface area contributed by atoms with Crippen molar-refractivity contribution in [2.24, 2.45) is 0 Å². The maximum atomic E-state index is 11.4. The lowest BCUT2D eigenvalue weighted by atomic mass is 10.1. The number of Topliss-reactive ketones (excluding diaryl/α,β-unsaturated/α-hetero) is 1. The molecular weight excluding hydrogens is 200 g/mol. The van der Waals surface area contributed by atoms with E-state index in [-0.39, 0.29) is 5.78 Å². The maximum absolute atomic E-state index is 11.4.